The summed E-state index contributed by atoms with van der Waals surface area (Å²) in [4.78, 5) is 11.8. The first kappa shape index (κ1) is 12.3. The van der Waals surface area contributed by atoms with E-state index in [1.165, 1.54) is 30.4 Å². The molecule has 2 aliphatic carbocycles. The number of fused-ring (bicyclic) bond motifs is 1. The van der Waals surface area contributed by atoms with E-state index in [0.717, 1.165) is 24.9 Å². The van der Waals surface area contributed by atoms with Crippen LogP contribution in [0.4, 0.5) is 10.5 Å². The number of hydrogen-bond donors (Lipinski definition) is 1. The average molecular weight is 257 g/mol. The average Bonchev–Trinajstić information content (AvgIpc) is 2.87. The summed E-state index contributed by atoms with van der Waals surface area (Å²) in [6.07, 6.45) is 10.6. The van der Waals surface area contributed by atoms with Crippen LogP contribution in [0.15, 0.2) is 24.3 Å². The highest BCUT2D eigenvalue weighted by molar-refractivity contribution is 5.85. The lowest BCUT2D eigenvalue weighted by atomic mass is 9.98. The molecule has 1 N–H and O–H groups in total. The van der Waals surface area contributed by atoms with Crippen LogP contribution in [0, 0.1) is 0 Å². The Morgan fingerprint density at radius 1 is 1.21 bits per heavy atom. The van der Waals surface area contributed by atoms with Crippen LogP contribution < -0.4 is 5.32 Å². The first-order chi connectivity index (χ1) is 9.31. The molecule has 100 valence electrons. The third-order valence-corrected chi connectivity index (χ3v) is 3.85. The smallest absolute Gasteiger partial charge is 0.411 e. The molecule has 19 heavy (non-hydrogen) atoms. The molecule has 1 saturated carbocycles. The van der Waals surface area contributed by atoms with E-state index >= 15 is 0 Å². The van der Waals surface area contributed by atoms with Crippen molar-refractivity contribution in [3.8, 4) is 0 Å². The van der Waals surface area contributed by atoms with E-state index in [9.17, 15) is 4.79 Å². The lowest BCUT2D eigenvalue weighted by molar-refractivity contribution is 0.0865. The van der Waals surface area contributed by atoms with E-state index in [4.69, 9.17) is 4.74 Å². The molecule has 0 bridgehead atoms. The molecule has 1 fully saturated rings. The Labute approximate surface area is 113 Å². The second-order valence-electron chi connectivity index (χ2n) is 5.31. The van der Waals surface area contributed by atoms with Crippen molar-refractivity contribution in [1.29, 1.82) is 0 Å². The lowest BCUT2D eigenvalue weighted by Crippen LogP contribution is -2.24. The maximum absolute atomic E-state index is 11.8. The summed E-state index contributed by atoms with van der Waals surface area (Å²) in [6, 6.07) is 6.00. The fourth-order valence-electron chi connectivity index (χ4n) is 2.81. The number of benzene rings is 1. The normalized spacial score (nSPS) is 18.1. The van der Waals surface area contributed by atoms with E-state index in [1.807, 2.05) is 12.1 Å². The lowest BCUT2D eigenvalue weighted by Gasteiger charge is -2.21. The number of allylic oxidation sites excluding steroid dienone is 1. The van der Waals surface area contributed by atoms with Gasteiger partial charge in [-0.1, -0.05) is 24.6 Å². The van der Waals surface area contributed by atoms with Gasteiger partial charge in [0.1, 0.15) is 6.10 Å². The van der Waals surface area contributed by atoms with Gasteiger partial charge >= 0.3 is 6.09 Å². The second-order valence-corrected chi connectivity index (χ2v) is 5.31. The van der Waals surface area contributed by atoms with Gasteiger partial charge in [-0.25, -0.2) is 4.79 Å². The molecule has 0 saturated heterocycles. The number of nitrogens with one attached hydrogen (secondary N) is 1. The van der Waals surface area contributed by atoms with E-state index in [0.29, 0.717) is 0 Å². The number of carbonyl (C=O) groups is 1. The van der Waals surface area contributed by atoms with Crippen LogP contribution in [0.1, 0.15) is 43.2 Å². The molecule has 2 aliphatic rings. The number of anilines is 1. The Balaban J connectivity index is 1.58. The van der Waals surface area contributed by atoms with Crippen molar-refractivity contribution in [3.63, 3.8) is 0 Å². The third-order valence-electron chi connectivity index (χ3n) is 3.85. The molecule has 0 aromatic heterocycles. The fourth-order valence-corrected chi connectivity index (χ4v) is 2.81. The quantitative estimate of drug-likeness (QED) is 0.864. The van der Waals surface area contributed by atoms with Gasteiger partial charge in [-0.05, 0) is 55.4 Å². The number of rotatable bonds is 2. The molecule has 1 aromatic carbocycles. The molecule has 0 atom stereocenters. The molecule has 0 spiro atoms. The van der Waals surface area contributed by atoms with Gasteiger partial charge in [0, 0.05) is 5.69 Å². The molecule has 0 radical (unpaired) electrons. The van der Waals surface area contributed by atoms with E-state index in [1.54, 1.807) is 0 Å². The van der Waals surface area contributed by atoms with Crippen LogP contribution in [0.2, 0.25) is 0 Å². The van der Waals surface area contributed by atoms with E-state index < -0.39 is 0 Å². The van der Waals surface area contributed by atoms with Crippen molar-refractivity contribution >= 4 is 17.9 Å². The molecule has 0 heterocycles. The van der Waals surface area contributed by atoms with Crippen LogP contribution in [-0.4, -0.2) is 12.2 Å². The third kappa shape index (κ3) is 2.98. The van der Waals surface area contributed by atoms with Gasteiger partial charge in [0.2, 0.25) is 0 Å². The van der Waals surface area contributed by atoms with Crippen molar-refractivity contribution in [2.24, 2.45) is 0 Å². The maximum Gasteiger partial charge on any atom is 0.411 e. The zero-order chi connectivity index (χ0) is 13.1. The van der Waals surface area contributed by atoms with Gasteiger partial charge in [0.25, 0.3) is 0 Å². The minimum Gasteiger partial charge on any atom is -0.446 e. The Kier molecular flexibility index (Phi) is 3.53. The van der Waals surface area contributed by atoms with Gasteiger partial charge in [-0.2, -0.15) is 0 Å². The molecule has 1 aromatic rings. The van der Waals surface area contributed by atoms with E-state index in [-0.39, 0.29) is 12.2 Å². The predicted molar refractivity (Wildman–Crippen MR) is 76.2 cm³/mol. The first-order valence-corrected chi connectivity index (χ1v) is 7.08. The molecular formula is C16H19NO2. The standard InChI is InChI=1S/C16H19NO2/c18-16(19-15-7-2-1-3-8-15)17-14-10-9-12-5-4-6-13(12)11-14/h4,6,9-11,15H,1-3,5,7-8H2,(H,17,18). The Hall–Kier alpha value is -1.77. The monoisotopic (exact) mass is 257 g/mol. The zero-order valence-electron chi connectivity index (χ0n) is 11.0. The van der Waals surface area contributed by atoms with E-state index in [2.05, 4.69) is 23.5 Å². The zero-order valence-corrected chi connectivity index (χ0v) is 11.0. The summed E-state index contributed by atoms with van der Waals surface area (Å²) in [5, 5.41) is 2.82. The minimum atomic E-state index is -0.325. The molecule has 0 unspecified atom stereocenters. The van der Waals surface area contributed by atoms with Crippen LogP contribution in [0.25, 0.3) is 6.08 Å². The van der Waals surface area contributed by atoms with Crippen LogP contribution in [0.3, 0.4) is 0 Å². The van der Waals surface area contributed by atoms with Crippen molar-refractivity contribution in [2.75, 3.05) is 5.32 Å². The summed E-state index contributed by atoms with van der Waals surface area (Å²) < 4.78 is 5.45. The van der Waals surface area contributed by atoms with Crippen LogP contribution in [-0.2, 0) is 11.2 Å². The summed E-state index contributed by atoms with van der Waals surface area (Å²) in [7, 11) is 0. The Bertz CT molecular complexity index is 501. The SMILES string of the molecule is O=C(Nc1ccc2c(c1)C=CC2)OC1CCCCC1. The van der Waals surface area contributed by atoms with Crippen molar-refractivity contribution < 1.29 is 9.53 Å². The molecule has 1 amide bonds. The van der Waals surface area contributed by atoms with Gasteiger partial charge < -0.3 is 4.74 Å². The highest BCUT2D eigenvalue weighted by Gasteiger charge is 2.17. The second kappa shape index (κ2) is 5.47. The topological polar surface area (TPSA) is 38.3 Å². The van der Waals surface area contributed by atoms with Crippen molar-refractivity contribution in [2.45, 2.75) is 44.6 Å². The van der Waals surface area contributed by atoms with Crippen LogP contribution in [0.5, 0.6) is 0 Å². The molecule has 3 heteroatoms. The highest BCUT2D eigenvalue weighted by atomic mass is 16.6. The Morgan fingerprint density at radius 2 is 2.05 bits per heavy atom. The minimum absolute atomic E-state index is 0.100. The number of ether oxygens (including phenoxy) is 1. The summed E-state index contributed by atoms with van der Waals surface area (Å²) in [5.74, 6) is 0. The van der Waals surface area contributed by atoms with Crippen molar-refractivity contribution in [3.05, 3.63) is 35.4 Å². The summed E-state index contributed by atoms with van der Waals surface area (Å²) in [5.41, 5.74) is 3.31. The molecule has 3 rings (SSSR count). The number of hydrogen-bond acceptors (Lipinski definition) is 2. The predicted octanol–water partition coefficient (Wildman–Crippen LogP) is 4.14. The fraction of sp³-hybridized carbons (Fsp3) is 0.438. The van der Waals surface area contributed by atoms with Gasteiger partial charge in [-0.15, -0.1) is 0 Å². The highest BCUT2D eigenvalue weighted by Crippen LogP contribution is 2.24. The van der Waals surface area contributed by atoms with Crippen LogP contribution >= 0.6 is 0 Å². The molecular weight excluding hydrogens is 238 g/mol. The van der Waals surface area contributed by atoms with Gasteiger partial charge in [0.05, 0.1) is 0 Å². The molecule has 3 nitrogen and oxygen atoms in total. The summed E-state index contributed by atoms with van der Waals surface area (Å²) >= 11 is 0. The van der Waals surface area contributed by atoms with Crippen molar-refractivity contribution in [1.82, 2.24) is 0 Å². The number of amides is 1. The first-order valence-electron chi connectivity index (χ1n) is 7.08. The maximum atomic E-state index is 11.8. The van der Waals surface area contributed by atoms with Gasteiger partial charge in [-0.3, -0.25) is 5.32 Å². The largest absolute Gasteiger partial charge is 0.446 e. The van der Waals surface area contributed by atoms with Gasteiger partial charge in [0.15, 0.2) is 0 Å². The molecule has 0 aliphatic heterocycles. The number of carbonyl (C=O) groups excluding carboxylic acids is 1. The summed E-state index contributed by atoms with van der Waals surface area (Å²) in [6.45, 7) is 0. The Morgan fingerprint density at radius 3 is 2.89 bits per heavy atom.